The van der Waals surface area contributed by atoms with Gasteiger partial charge in [-0.15, -0.1) is 5.10 Å². The summed E-state index contributed by atoms with van der Waals surface area (Å²) in [7, 11) is 0. The lowest BCUT2D eigenvalue weighted by Gasteiger charge is -2.06. The summed E-state index contributed by atoms with van der Waals surface area (Å²) >= 11 is 0. The van der Waals surface area contributed by atoms with E-state index in [-0.39, 0.29) is 11.4 Å². The average Bonchev–Trinajstić information content (AvgIpc) is 2.92. The second kappa shape index (κ2) is 6.19. The van der Waals surface area contributed by atoms with E-state index < -0.39 is 17.5 Å². The van der Waals surface area contributed by atoms with Crippen LogP contribution in [0.25, 0.3) is 5.69 Å². The summed E-state index contributed by atoms with van der Waals surface area (Å²) < 4.78 is 28.1. The standard InChI is InChI=1S/C17H14F2N4O/c1-10-3-6-13(7-4-10)23-11(2)16(21-22-23)17(24)20-15-8-5-12(18)9-14(15)19/h3-9H,1-2H3,(H,20,24). The number of carbonyl (C=O) groups excluding carboxylic acids is 1. The number of halogens is 2. The molecule has 0 spiro atoms. The molecule has 122 valence electrons. The number of nitrogens with one attached hydrogen (secondary N) is 1. The highest BCUT2D eigenvalue weighted by Gasteiger charge is 2.18. The molecule has 0 saturated heterocycles. The number of benzene rings is 2. The molecule has 0 aliphatic carbocycles. The second-order valence-electron chi connectivity index (χ2n) is 5.35. The van der Waals surface area contributed by atoms with Gasteiger partial charge in [-0.3, -0.25) is 4.79 Å². The largest absolute Gasteiger partial charge is 0.318 e. The SMILES string of the molecule is Cc1ccc(-n2nnc(C(=O)Nc3ccc(F)cc3F)c2C)cc1. The Kier molecular flexibility index (Phi) is 4.07. The van der Waals surface area contributed by atoms with Crippen molar-refractivity contribution in [3.05, 3.63) is 71.1 Å². The van der Waals surface area contributed by atoms with Gasteiger partial charge in [0, 0.05) is 6.07 Å². The van der Waals surface area contributed by atoms with Crippen molar-refractivity contribution < 1.29 is 13.6 Å². The number of hydrogen-bond donors (Lipinski definition) is 1. The monoisotopic (exact) mass is 328 g/mol. The second-order valence-corrected chi connectivity index (χ2v) is 5.35. The lowest BCUT2D eigenvalue weighted by Crippen LogP contribution is -2.15. The van der Waals surface area contributed by atoms with E-state index in [4.69, 9.17) is 0 Å². The molecule has 1 amide bonds. The molecule has 7 heteroatoms. The average molecular weight is 328 g/mol. The Morgan fingerprint density at radius 1 is 1.08 bits per heavy atom. The molecule has 3 aromatic rings. The third-order valence-corrected chi connectivity index (χ3v) is 3.57. The lowest BCUT2D eigenvalue weighted by atomic mass is 10.2. The number of amides is 1. The summed E-state index contributed by atoms with van der Waals surface area (Å²) in [5, 5.41) is 10.2. The summed E-state index contributed by atoms with van der Waals surface area (Å²) in [5.74, 6) is -2.18. The van der Waals surface area contributed by atoms with E-state index in [1.165, 1.54) is 4.68 Å². The van der Waals surface area contributed by atoms with E-state index in [2.05, 4.69) is 15.6 Å². The van der Waals surface area contributed by atoms with Crippen LogP contribution in [0, 0.1) is 25.5 Å². The van der Waals surface area contributed by atoms with Gasteiger partial charge in [-0.05, 0) is 38.1 Å². The highest BCUT2D eigenvalue weighted by Crippen LogP contribution is 2.18. The van der Waals surface area contributed by atoms with Crippen LogP contribution in [0.15, 0.2) is 42.5 Å². The zero-order chi connectivity index (χ0) is 17.3. The van der Waals surface area contributed by atoms with E-state index in [1.807, 2.05) is 31.2 Å². The van der Waals surface area contributed by atoms with Crippen molar-refractivity contribution in [2.24, 2.45) is 0 Å². The van der Waals surface area contributed by atoms with Crippen molar-refractivity contribution in [3.8, 4) is 5.69 Å². The van der Waals surface area contributed by atoms with E-state index >= 15 is 0 Å². The molecule has 3 rings (SSSR count). The molecule has 0 atom stereocenters. The fourth-order valence-electron chi connectivity index (χ4n) is 2.24. The van der Waals surface area contributed by atoms with Crippen molar-refractivity contribution in [3.63, 3.8) is 0 Å². The van der Waals surface area contributed by atoms with Gasteiger partial charge in [0.1, 0.15) is 11.6 Å². The maximum atomic E-state index is 13.6. The molecule has 5 nitrogen and oxygen atoms in total. The van der Waals surface area contributed by atoms with Crippen LogP contribution in [0.2, 0.25) is 0 Å². The molecule has 0 radical (unpaired) electrons. The Morgan fingerprint density at radius 3 is 2.46 bits per heavy atom. The summed E-state index contributed by atoms with van der Waals surface area (Å²) in [6.45, 7) is 3.66. The van der Waals surface area contributed by atoms with Crippen molar-refractivity contribution in [1.29, 1.82) is 0 Å². The van der Waals surface area contributed by atoms with Gasteiger partial charge in [-0.25, -0.2) is 13.5 Å². The van der Waals surface area contributed by atoms with E-state index in [9.17, 15) is 13.6 Å². The van der Waals surface area contributed by atoms with Gasteiger partial charge in [-0.1, -0.05) is 22.9 Å². The van der Waals surface area contributed by atoms with Gasteiger partial charge in [0.25, 0.3) is 5.91 Å². The zero-order valence-corrected chi connectivity index (χ0v) is 13.0. The topological polar surface area (TPSA) is 59.8 Å². The Bertz CT molecular complexity index is 903. The molecule has 0 fully saturated rings. The molecule has 0 aliphatic heterocycles. The zero-order valence-electron chi connectivity index (χ0n) is 13.0. The highest BCUT2D eigenvalue weighted by molar-refractivity contribution is 6.03. The van der Waals surface area contributed by atoms with Crippen LogP contribution in [0.4, 0.5) is 14.5 Å². The molecular formula is C17H14F2N4O. The molecule has 1 heterocycles. The van der Waals surface area contributed by atoms with Crippen molar-refractivity contribution in [1.82, 2.24) is 15.0 Å². The first kappa shape index (κ1) is 15.8. The molecule has 1 N–H and O–H groups in total. The number of hydrogen-bond acceptors (Lipinski definition) is 3. The lowest BCUT2D eigenvalue weighted by molar-refractivity contribution is 0.102. The number of anilines is 1. The number of aryl methyl sites for hydroxylation is 1. The third-order valence-electron chi connectivity index (χ3n) is 3.57. The number of nitrogens with zero attached hydrogens (tertiary/aromatic N) is 3. The third kappa shape index (κ3) is 3.01. The number of carbonyl (C=O) groups is 1. The Hall–Kier alpha value is -3.09. The summed E-state index contributed by atoms with van der Waals surface area (Å²) in [5.41, 5.74) is 2.32. The molecule has 24 heavy (non-hydrogen) atoms. The Balaban J connectivity index is 1.87. The van der Waals surface area contributed by atoms with Crippen molar-refractivity contribution in [2.75, 3.05) is 5.32 Å². The Morgan fingerprint density at radius 2 is 1.79 bits per heavy atom. The minimum absolute atomic E-state index is 0.0688. The molecule has 2 aromatic carbocycles. The van der Waals surface area contributed by atoms with E-state index in [1.54, 1.807) is 6.92 Å². The first-order chi connectivity index (χ1) is 11.5. The normalized spacial score (nSPS) is 10.7. The Labute approximate surface area is 136 Å². The molecule has 0 saturated carbocycles. The van der Waals surface area contributed by atoms with Crippen LogP contribution in [0.1, 0.15) is 21.7 Å². The summed E-state index contributed by atoms with van der Waals surface area (Å²) in [6.07, 6.45) is 0. The fourth-order valence-corrected chi connectivity index (χ4v) is 2.24. The minimum Gasteiger partial charge on any atom is -0.318 e. The van der Waals surface area contributed by atoms with Gasteiger partial charge >= 0.3 is 0 Å². The van der Waals surface area contributed by atoms with Crippen LogP contribution < -0.4 is 5.32 Å². The summed E-state index contributed by atoms with van der Waals surface area (Å²) in [4.78, 5) is 12.3. The smallest absolute Gasteiger partial charge is 0.278 e. The molecule has 1 aromatic heterocycles. The van der Waals surface area contributed by atoms with Crippen LogP contribution in [-0.4, -0.2) is 20.9 Å². The maximum absolute atomic E-state index is 13.6. The van der Waals surface area contributed by atoms with E-state index in [0.717, 1.165) is 23.4 Å². The number of rotatable bonds is 3. The molecular weight excluding hydrogens is 314 g/mol. The van der Waals surface area contributed by atoms with Crippen LogP contribution >= 0.6 is 0 Å². The summed E-state index contributed by atoms with van der Waals surface area (Å²) in [6, 6.07) is 10.5. The molecule has 0 aliphatic rings. The number of aromatic nitrogens is 3. The van der Waals surface area contributed by atoms with Crippen LogP contribution in [-0.2, 0) is 0 Å². The highest BCUT2D eigenvalue weighted by atomic mass is 19.1. The van der Waals surface area contributed by atoms with Gasteiger partial charge in [0.05, 0.1) is 17.1 Å². The fraction of sp³-hybridized carbons (Fsp3) is 0.118. The predicted octanol–water partition coefficient (Wildman–Crippen LogP) is 3.41. The predicted molar refractivity (Wildman–Crippen MR) is 85.1 cm³/mol. The van der Waals surface area contributed by atoms with Crippen LogP contribution in [0.5, 0.6) is 0 Å². The molecule has 0 bridgehead atoms. The van der Waals surface area contributed by atoms with Gasteiger partial charge in [0.2, 0.25) is 0 Å². The first-order valence-electron chi connectivity index (χ1n) is 7.21. The maximum Gasteiger partial charge on any atom is 0.278 e. The van der Waals surface area contributed by atoms with E-state index in [0.29, 0.717) is 11.8 Å². The van der Waals surface area contributed by atoms with Crippen LogP contribution in [0.3, 0.4) is 0 Å². The minimum atomic E-state index is -0.855. The van der Waals surface area contributed by atoms with Gasteiger partial charge in [0.15, 0.2) is 5.69 Å². The first-order valence-corrected chi connectivity index (χ1v) is 7.21. The molecule has 0 unspecified atom stereocenters. The van der Waals surface area contributed by atoms with Gasteiger partial charge < -0.3 is 5.32 Å². The van der Waals surface area contributed by atoms with Crippen molar-refractivity contribution in [2.45, 2.75) is 13.8 Å². The van der Waals surface area contributed by atoms with Gasteiger partial charge in [-0.2, -0.15) is 0 Å². The van der Waals surface area contributed by atoms with Crippen molar-refractivity contribution >= 4 is 11.6 Å². The quantitative estimate of drug-likeness (QED) is 0.801.